The average Bonchev–Trinajstić information content (AvgIpc) is 2.24. The van der Waals surface area contributed by atoms with Crippen molar-refractivity contribution in [1.29, 1.82) is 0 Å². The summed E-state index contributed by atoms with van der Waals surface area (Å²) in [7, 11) is 0. The third kappa shape index (κ3) is 8.60. The van der Waals surface area contributed by atoms with Crippen LogP contribution in [0.2, 0.25) is 0 Å². The molecule has 0 heterocycles. The molecule has 0 aliphatic heterocycles. The van der Waals surface area contributed by atoms with Gasteiger partial charge in [0.25, 0.3) is 0 Å². The van der Waals surface area contributed by atoms with Crippen molar-refractivity contribution in [2.24, 2.45) is 4.99 Å². The molecule has 0 aromatic carbocycles. The Kier molecular flexibility index (Phi) is 9.89. The van der Waals surface area contributed by atoms with E-state index in [2.05, 4.69) is 42.7 Å². The van der Waals surface area contributed by atoms with Crippen molar-refractivity contribution in [1.82, 2.24) is 10.6 Å². The fourth-order valence-corrected chi connectivity index (χ4v) is 1.47. The lowest BCUT2D eigenvalue weighted by molar-refractivity contribution is 0.624. The quantitative estimate of drug-likeness (QED) is 0.400. The Morgan fingerprint density at radius 3 is 2.67 bits per heavy atom. The zero-order chi connectivity index (χ0) is 11.5. The molecule has 0 saturated carbocycles. The van der Waals surface area contributed by atoms with Crippen LogP contribution in [0.25, 0.3) is 0 Å². The Labute approximate surface area is 98.5 Å². The molecule has 1 unspecified atom stereocenters. The van der Waals surface area contributed by atoms with E-state index >= 15 is 0 Å². The molecule has 15 heavy (non-hydrogen) atoms. The van der Waals surface area contributed by atoms with Gasteiger partial charge in [0.2, 0.25) is 0 Å². The fourth-order valence-electron chi connectivity index (χ4n) is 1.06. The lowest BCUT2D eigenvalue weighted by Crippen LogP contribution is -2.42. The molecule has 0 saturated heterocycles. The van der Waals surface area contributed by atoms with E-state index in [4.69, 9.17) is 0 Å². The van der Waals surface area contributed by atoms with E-state index in [1.54, 1.807) is 0 Å². The second-order valence-corrected chi connectivity index (χ2v) is 4.55. The van der Waals surface area contributed by atoms with E-state index in [-0.39, 0.29) is 0 Å². The number of aliphatic imine (C=N–C) groups is 1. The average molecular weight is 231 g/mol. The van der Waals surface area contributed by atoms with Crippen LogP contribution >= 0.6 is 11.8 Å². The molecule has 4 heteroatoms. The van der Waals surface area contributed by atoms with E-state index in [9.17, 15) is 0 Å². The number of guanidine groups is 1. The monoisotopic (exact) mass is 231 g/mol. The van der Waals surface area contributed by atoms with E-state index in [1.807, 2.05) is 11.8 Å². The molecule has 0 radical (unpaired) electrons. The molecule has 90 valence electrons. The second kappa shape index (κ2) is 10.1. The molecule has 0 aliphatic carbocycles. The van der Waals surface area contributed by atoms with Gasteiger partial charge in [0.1, 0.15) is 0 Å². The van der Waals surface area contributed by atoms with Gasteiger partial charge in [-0.1, -0.05) is 6.92 Å². The first kappa shape index (κ1) is 14.6. The molecule has 2 N–H and O–H groups in total. The number of rotatable bonds is 7. The van der Waals surface area contributed by atoms with Gasteiger partial charge in [0.05, 0.1) is 0 Å². The van der Waals surface area contributed by atoms with Crippen LogP contribution in [0.15, 0.2) is 4.99 Å². The lowest BCUT2D eigenvalue weighted by Gasteiger charge is -2.16. The SMILES string of the molecule is CCNC(=NCCCSC)NC(C)CC. The van der Waals surface area contributed by atoms with Crippen LogP contribution in [0.4, 0.5) is 0 Å². The first-order chi connectivity index (χ1) is 7.24. The minimum absolute atomic E-state index is 0.489. The summed E-state index contributed by atoms with van der Waals surface area (Å²) in [5.74, 6) is 2.14. The van der Waals surface area contributed by atoms with Gasteiger partial charge in [0.15, 0.2) is 5.96 Å². The number of nitrogens with zero attached hydrogens (tertiary/aromatic N) is 1. The highest BCUT2D eigenvalue weighted by Crippen LogP contribution is 1.95. The van der Waals surface area contributed by atoms with Crippen LogP contribution < -0.4 is 10.6 Å². The fraction of sp³-hybridized carbons (Fsp3) is 0.909. The molecule has 0 fully saturated rings. The lowest BCUT2D eigenvalue weighted by atomic mass is 10.3. The molecule has 0 rings (SSSR count). The third-order valence-electron chi connectivity index (χ3n) is 2.12. The van der Waals surface area contributed by atoms with Gasteiger partial charge in [-0.2, -0.15) is 11.8 Å². The Hall–Kier alpha value is -0.380. The van der Waals surface area contributed by atoms with E-state index < -0.39 is 0 Å². The van der Waals surface area contributed by atoms with E-state index in [0.717, 1.165) is 31.9 Å². The van der Waals surface area contributed by atoms with Gasteiger partial charge in [-0.15, -0.1) is 0 Å². The van der Waals surface area contributed by atoms with Crippen LogP contribution in [0.3, 0.4) is 0 Å². The first-order valence-corrected chi connectivity index (χ1v) is 7.17. The molecule has 0 aromatic rings. The minimum atomic E-state index is 0.489. The largest absolute Gasteiger partial charge is 0.357 e. The summed E-state index contributed by atoms with van der Waals surface area (Å²) in [6.07, 6.45) is 4.40. The number of nitrogens with one attached hydrogen (secondary N) is 2. The van der Waals surface area contributed by atoms with Gasteiger partial charge in [0, 0.05) is 19.1 Å². The van der Waals surface area contributed by atoms with Gasteiger partial charge in [-0.25, -0.2) is 0 Å². The maximum Gasteiger partial charge on any atom is 0.191 e. The molecule has 1 atom stereocenters. The molecular weight excluding hydrogens is 206 g/mol. The van der Waals surface area contributed by atoms with Crippen molar-refractivity contribution in [3.05, 3.63) is 0 Å². The smallest absolute Gasteiger partial charge is 0.191 e. The summed E-state index contributed by atoms with van der Waals surface area (Å²) in [4.78, 5) is 4.52. The zero-order valence-corrected chi connectivity index (χ0v) is 11.3. The van der Waals surface area contributed by atoms with Crippen LogP contribution in [0.5, 0.6) is 0 Å². The summed E-state index contributed by atoms with van der Waals surface area (Å²) in [5.41, 5.74) is 0. The van der Waals surface area contributed by atoms with Crippen molar-refractivity contribution >= 4 is 17.7 Å². The van der Waals surface area contributed by atoms with Gasteiger partial charge < -0.3 is 10.6 Å². The topological polar surface area (TPSA) is 36.4 Å². The van der Waals surface area contributed by atoms with Crippen molar-refractivity contribution in [3.63, 3.8) is 0 Å². The van der Waals surface area contributed by atoms with Crippen molar-refractivity contribution in [3.8, 4) is 0 Å². The Bertz CT molecular complexity index is 171. The summed E-state index contributed by atoms with van der Waals surface area (Å²) >= 11 is 1.87. The molecule has 0 bridgehead atoms. The van der Waals surface area contributed by atoms with E-state index in [1.165, 1.54) is 5.75 Å². The maximum absolute atomic E-state index is 4.52. The minimum Gasteiger partial charge on any atom is -0.357 e. The molecule has 0 amide bonds. The molecule has 0 aromatic heterocycles. The van der Waals surface area contributed by atoms with Gasteiger partial charge in [-0.3, -0.25) is 4.99 Å². The Morgan fingerprint density at radius 2 is 2.13 bits per heavy atom. The molecule has 3 nitrogen and oxygen atoms in total. The number of thioether (sulfide) groups is 1. The molecular formula is C11H25N3S. The summed E-state index contributed by atoms with van der Waals surface area (Å²) in [6.45, 7) is 8.27. The van der Waals surface area contributed by atoms with Crippen LogP contribution in [0.1, 0.15) is 33.6 Å². The summed E-state index contributed by atoms with van der Waals surface area (Å²) in [6, 6.07) is 0.489. The predicted octanol–water partition coefficient (Wildman–Crippen LogP) is 2.09. The van der Waals surface area contributed by atoms with Crippen LogP contribution in [-0.4, -0.2) is 37.1 Å². The van der Waals surface area contributed by atoms with Gasteiger partial charge in [-0.05, 0) is 38.7 Å². The van der Waals surface area contributed by atoms with Crippen LogP contribution in [-0.2, 0) is 0 Å². The van der Waals surface area contributed by atoms with Gasteiger partial charge >= 0.3 is 0 Å². The highest BCUT2D eigenvalue weighted by molar-refractivity contribution is 7.98. The first-order valence-electron chi connectivity index (χ1n) is 5.78. The molecule has 0 spiro atoms. The standard InChI is InChI=1S/C11H25N3S/c1-5-10(3)14-11(12-6-2)13-8-7-9-15-4/h10H,5-9H2,1-4H3,(H2,12,13,14). The van der Waals surface area contributed by atoms with Crippen molar-refractivity contribution in [2.45, 2.75) is 39.7 Å². The molecule has 0 aliphatic rings. The van der Waals surface area contributed by atoms with Crippen LogP contribution in [0, 0.1) is 0 Å². The maximum atomic E-state index is 4.52. The van der Waals surface area contributed by atoms with E-state index in [0.29, 0.717) is 6.04 Å². The van der Waals surface area contributed by atoms with Crippen molar-refractivity contribution < 1.29 is 0 Å². The van der Waals surface area contributed by atoms with Crippen molar-refractivity contribution in [2.75, 3.05) is 25.1 Å². The Balaban J connectivity index is 3.89. The highest BCUT2D eigenvalue weighted by Gasteiger charge is 2.01. The normalized spacial score (nSPS) is 13.7. The second-order valence-electron chi connectivity index (χ2n) is 3.56. The summed E-state index contributed by atoms with van der Waals surface area (Å²) in [5, 5.41) is 6.63. The Morgan fingerprint density at radius 1 is 1.40 bits per heavy atom. The highest BCUT2D eigenvalue weighted by atomic mass is 32.2. The number of hydrogen-bond donors (Lipinski definition) is 2. The number of hydrogen-bond acceptors (Lipinski definition) is 2. The zero-order valence-electron chi connectivity index (χ0n) is 10.5. The third-order valence-corrected chi connectivity index (χ3v) is 2.81. The predicted molar refractivity (Wildman–Crippen MR) is 71.9 cm³/mol. The summed E-state index contributed by atoms with van der Waals surface area (Å²) < 4.78 is 0.